The Morgan fingerprint density at radius 2 is 2.36 bits per heavy atom. The lowest BCUT2D eigenvalue weighted by molar-refractivity contribution is 0.732. The zero-order valence-electron chi connectivity index (χ0n) is 6.53. The van der Waals surface area contributed by atoms with Gasteiger partial charge in [-0.1, -0.05) is 30.9 Å². The lowest BCUT2D eigenvalue weighted by atomic mass is 10.2. The Kier molecular flexibility index (Phi) is 2.93. The molecule has 0 spiro atoms. The fourth-order valence-corrected chi connectivity index (χ4v) is 0.708. The monoisotopic (exact) mass is 150 g/mol. The van der Waals surface area contributed by atoms with Gasteiger partial charge in [0.15, 0.2) is 0 Å². The number of nitrogens with two attached hydrogens (primary N) is 1. The van der Waals surface area contributed by atoms with Crippen LogP contribution in [0, 0.1) is 5.92 Å². The summed E-state index contributed by atoms with van der Waals surface area (Å²) in [6, 6.07) is 0. The van der Waals surface area contributed by atoms with Crippen LogP contribution in [0.25, 0.3) is 0 Å². The smallest absolute Gasteiger partial charge is 0.0928 e. The Balaban J connectivity index is 1.99. The van der Waals surface area contributed by atoms with Gasteiger partial charge < -0.3 is 11.1 Å². The third kappa shape index (κ3) is 3.63. The van der Waals surface area contributed by atoms with Crippen molar-refractivity contribution in [1.29, 1.82) is 0 Å². The first-order chi connectivity index (χ1) is 5.33. The van der Waals surface area contributed by atoms with E-state index in [1.165, 1.54) is 0 Å². The Hall–Kier alpha value is -1.02. The molecule has 0 aromatic carbocycles. The summed E-state index contributed by atoms with van der Waals surface area (Å²) in [5, 5.41) is 2.97. The average molecular weight is 150 g/mol. The van der Waals surface area contributed by atoms with Crippen LogP contribution >= 0.6 is 0 Å². The van der Waals surface area contributed by atoms with Crippen molar-refractivity contribution in [2.24, 2.45) is 11.7 Å². The maximum atomic E-state index is 5.51. The molecule has 11 heavy (non-hydrogen) atoms. The fourth-order valence-electron chi connectivity index (χ4n) is 0.708. The van der Waals surface area contributed by atoms with Crippen molar-refractivity contribution < 1.29 is 0 Å². The second-order valence-corrected chi connectivity index (χ2v) is 2.61. The minimum atomic E-state index is -0.126. The molecule has 0 saturated carbocycles. The minimum Gasteiger partial charge on any atom is -0.373 e. The summed E-state index contributed by atoms with van der Waals surface area (Å²) in [5.41, 5.74) is 5.51. The molecule has 0 bridgehead atoms. The first-order valence-electron chi connectivity index (χ1n) is 3.80. The SMILES string of the molecule is C=CC(N)N/C=C/CC1C=C1. The molecule has 60 valence electrons. The summed E-state index contributed by atoms with van der Waals surface area (Å²) >= 11 is 0. The lowest BCUT2D eigenvalue weighted by Crippen LogP contribution is -2.30. The van der Waals surface area contributed by atoms with Crippen molar-refractivity contribution in [3.05, 3.63) is 37.1 Å². The molecule has 3 N–H and O–H groups in total. The topological polar surface area (TPSA) is 38.0 Å². The number of hydrogen-bond donors (Lipinski definition) is 2. The van der Waals surface area contributed by atoms with E-state index >= 15 is 0 Å². The van der Waals surface area contributed by atoms with E-state index in [2.05, 4.69) is 30.1 Å². The van der Waals surface area contributed by atoms with Crippen molar-refractivity contribution in [1.82, 2.24) is 5.32 Å². The van der Waals surface area contributed by atoms with Crippen molar-refractivity contribution in [3.8, 4) is 0 Å². The van der Waals surface area contributed by atoms with E-state index in [-0.39, 0.29) is 6.17 Å². The largest absolute Gasteiger partial charge is 0.373 e. The number of allylic oxidation sites excluding steroid dienone is 3. The summed E-state index contributed by atoms with van der Waals surface area (Å²) in [7, 11) is 0. The maximum absolute atomic E-state index is 5.51. The molecule has 0 fully saturated rings. The van der Waals surface area contributed by atoms with Crippen LogP contribution in [0.2, 0.25) is 0 Å². The Morgan fingerprint density at radius 1 is 1.64 bits per heavy atom. The van der Waals surface area contributed by atoms with Crippen LogP contribution in [0.15, 0.2) is 37.1 Å². The predicted molar refractivity (Wildman–Crippen MR) is 47.7 cm³/mol. The molecule has 0 aromatic heterocycles. The molecule has 0 aliphatic heterocycles. The second kappa shape index (κ2) is 3.98. The van der Waals surface area contributed by atoms with Gasteiger partial charge in [0.25, 0.3) is 0 Å². The maximum Gasteiger partial charge on any atom is 0.0928 e. The third-order valence-corrected chi connectivity index (χ3v) is 1.53. The molecule has 2 heteroatoms. The quantitative estimate of drug-likeness (QED) is 0.455. The second-order valence-electron chi connectivity index (χ2n) is 2.61. The van der Waals surface area contributed by atoms with E-state index in [0.717, 1.165) is 6.42 Å². The standard InChI is InChI=1S/C9H14N2/c1-2-9(10)11-7-3-4-8-5-6-8/h2-3,5-9,11H,1,4,10H2/b7-3+. The first-order valence-corrected chi connectivity index (χ1v) is 3.80. The van der Waals surface area contributed by atoms with Gasteiger partial charge in [0.05, 0.1) is 6.17 Å². The molecular weight excluding hydrogens is 136 g/mol. The van der Waals surface area contributed by atoms with Crippen molar-refractivity contribution >= 4 is 0 Å². The molecule has 2 nitrogen and oxygen atoms in total. The summed E-state index contributed by atoms with van der Waals surface area (Å²) in [6.45, 7) is 3.55. The molecule has 1 unspecified atom stereocenters. The highest BCUT2D eigenvalue weighted by atomic mass is 15.0. The molecule has 0 heterocycles. The van der Waals surface area contributed by atoms with Crippen LogP contribution in [0.3, 0.4) is 0 Å². The van der Waals surface area contributed by atoms with Crippen LogP contribution in [0.4, 0.5) is 0 Å². The molecular formula is C9H14N2. The Morgan fingerprint density at radius 3 is 2.91 bits per heavy atom. The van der Waals surface area contributed by atoms with E-state index < -0.39 is 0 Å². The van der Waals surface area contributed by atoms with E-state index in [1.807, 2.05) is 6.20 Å². The van der Waals surface area contributed by atoms with Gasteiger partial charge in [-0.2, -0.15) is 0 Å². The molecule has 0 amide bonds. The van der Waals surface area contributed by atoms with Gasteiger partial charge in [-0.05, 0) is 18.5 Å². The van der Waals surface area contributed by atoms with Gasteiger partial charge in [0.2, 0.25) is 0 Å². The van der Waals surface area contributed by atoms with Crippen LogP contribution < -0.4 is 11.1 Å². The highest BCUT2D eigenvalue weighted by Crippen LogP contribution is 2.19. The Labute approximate surface area is 67.5 Å². The van der Waals surface area contributed by atoms with Gasteiger partial charge in [-0.15, -0.1) is 0 Å². The van der Waals surface area contributed by atoms with Crippen molar-refractivity contribution in [3.63, 3.8) is 0 Å². The van der Waals surface area contributed by atoms with Crippen LogP contribution in [-0.2, 0) is 0 Å². The number of hydrogen-bond acceptors (Lipinski definition) is 2. The van der Waals surface area contributed by atoms with Gasteiger partial charge in [-0.3, -0.25) is 0 Å². The highest BCUT2D eigenvalue weighted by Gasteiger charge is 2.06. The summed E-state index contributed by atoms with van der Waals surface area (Å²) in [5.74, 6) is 0.702. The predicted octanol–water partition coefficient (Wildman–Crippen LogP) is 1.14. The molecule has 1 aliphatic rings. The molecule has 1 atom stereocenters. The molecule has 1 rings (SSSR count). The van der Waals surface area contributed by atoms with Gasteiger partial charge in [-0.25, -0.2) is 0 Å². The van der Waals surface area contributed by atoms with Crippen molar-refractivity contribution in [2.75, 3.05) is 0 Å². The minimum absolute atomic E-state index is 0.126. The molecule has 0 aromatic rings. The van der Waals surface area contributed by atoms with Crippen LogP contribution in [0.5, 0.6) is 0 Å². The van der Waals surface area contributed by atoms with Gasteiger partial charge >= 0.3 is 0 Å². The molecule has 1 aliphatic carbocycles. The van der Waals surface area contributed by atoms with Crippen LogP contribution in [-0.4, -0.2) is 6.17 Å². The number of nitrogens with one attached hydrogen (secondary N) is 1. The normalized spacial score (nSPS) is 18.6. The van der Waals surface area contributed by atoms with Gasteiger partial charge in [0, 0.05) is 0 Å². The van der Waals surface area contributed by atoms with Crippen LogP contribution in [0.1, 0.15) is 6.42 Å². The summed E-state index contributed by atoms with van der Waals surface area (Å²) < 4.78 is 0. The molecule has 0 saturated heterocycles. The summed E-state index contributed by atoms with van der Waals surface area (Å²) in [6.07, 6.45) is 10.9. The summed E-state index contributed by atoms with van der Waals surface area (Å²) in [4.78, 5) is 0. The average Bonchev–Trinajstić information content (AvgIpc) is 2.81. The number of rotatable bonds is 5. The molecule has 0 radical (unpaired) electrons. The zero-order valence-corrected chi connectivity index (χ0v) is 6.53. The van der Waals surface area contributed by atoms with Gasteiger partial charge in [0.1, 0.15) is 0 Å². The first kappa shape index (κ1) is 8.08. The van der Waals surface area contributed by atoms with E-state index in [0.29, 0.717) is 5.92 Å². The van der Waals surface area contributed by atoms with E-state index in [9.17, 15) is 0 Å². The third-order valence-electron chi connectivity index (χ3n) is 1.53. The van der Waals surface area contributed by atoms with E-state index in [1.54, 1.807) is 6.08 Å². The lowest BCUT2D eigenvalue weighted by Gasteiger charge is -2.03. The van der Waals surface area contributed by atoms with E-state index in [4.69, 9.17) is 5.73 Å². The highest BCUT2D eigenvalue weighted by molar-refractivity contribution is 5.15. The fraction of sp³-hybridized carbons (Fsp3) is 0.333. The Bertz CT molecular complexity index is 176. The van der Waals surface area contributed by atoms with Crippen molar-refractivity contribution in [2.45, 2.75) is 12.6 Å². The zero-order chi connectivity index (χ0) is 8.10.